The van der Waals surface area contributed by atoms with Gasteiger partial charge in [-0.2, -0.15) is 0 Å². The number of carboxylic acids is 1. The molecular formula is C16H16FNO3. The largest absolute Gasteiger partial charge is 0.477 e. The van der Waals surface area contributed by atoms with Gasteiger partial charge >= 0.3 is 5.97 Å². The van der Waals surface area contributed by atoms with Crippen LogP contribution in [0.3, 0.4) is 0 Å². The Kier molecular flexibility index (Phi) is 4.21. The molecule has 0 atom stereocenters. The number of aromatic carboxylic acids is 1. The fraction of sp³-hybridized carbons (Fsp3) is 0.250. The molecule has 0 saturated carbocycles. The van der Waals surface area contributed by atoms with Gasteiger partial charge in [-0.1, -0.05) is 13.8 Å². The first-order valence-corrected chi connectivity index (χ1v) is 6.63. The minimum Gasteiger partial charge on any atom is -0.477 e. The molecule has 0 fully saturated rings. The van der Waals surface area contributed by atoms with E-state index in [1.807, 2.05) is 13.8 Å². The Morgan fingerprint density at radius 3 is 2.33 bits per heavy atom. The molecule has 1 heterocycles. The Morgan fingerprint density at radius 2 is 1.81 bits per heavy atom. The summed E-state index contributed by atoms with van der Waals surface area (Å²) in [7, 11) is 0. The predicted octanol–water partition coefficient (Wildman–Crippen LogP) is 3.01. The highest BCUT2D eigenvalue weighted by Crippen LogP contribution is 2.20. The molecule has 4 nitrogen and oxygen atoms in total. The highest BCUT2D eigenvalue weighted by molar-refractivity contribution is 5.87. The maximum atomic E-state index is 13.0. The third kappa shape index (κ3) is 3.18. The van der Waals surface area contributed by atoms with E-state index in [0.717, 1.165) is 0 Å². The molecule has 0 amide bonds. The molecule has 0 saturated heterocycles. The number of carboxylic acid groups (broad SMARTS) is 1. The molecule has 0 aliphatic carbocycles. The molecule has 5 heteroatoms. The molecule has 2 rings (SSSR count). The van der Waals surface area contributed by atoms with Crippen LogP contribution in [-0.2, 0) is 6.54 Å². The van der Waals surface area contributed by atoms with Gasteiger partial charge in [0.2, 0.25) is 0 Å². The third-order valence-corrected chi connectivity index (χ3v) is 3.09. The number of hydrogen-bond acceptors (Lipinski definition) is 2. The minimum absolute atomic E-state index is 0.172. The molecule has 0 radical (unpaired) electrons. The van der Waals surface area contributed by atoms with E-state index in [1.165, 1.54) is 22.8 Å². The first kappa shape index (κ1) is 15.0. The van der Waals surface area contributed by atoms with Gasteiger partial charge in [-0.3, -0.25) is 4.79 Å². The van der Waals surface area contributed by atoms with Crippen molar-refractivity contribution in [3.63, 3.8) is 0 Å². The van der Waals surface area contributed by atoms with Crippen LogP contribution in [0.4, 0.5) is 4.39 Å². The van der Waals surface area contributed by atoms with Crippen molar-refractivity contribution >= 4 is 5.97 Å². The van der Waals surface area contributed by atoms with Crippen LogP contribution in [0.5, 0.6) is 0 Å². The van der Waals surface area contributed by atoms with Gasteiger partial charge < -0.3 is 9.67 Å². The SMILES string of the molecule is CC(C)Cn1c(-c2ccc(F)cc2)ccc(C(=O)O)c1=O. The lowest BCUT2D eigenvalue weighted by Crippen LogP contribution is -2.29. The number of rotatable bonds is 4. The van der Waals surface area contributed by atoms with Crippen LogP contribution < -0.4 is 5.56 Å². The monoisotopic (exact) mass is 289 g/mol. The van der Waals surface area contributed by atoms with E-state index in [1.54, 1.807) is 18.2 Å². The fourth-order valence-corrected chi connectivity index (χ4v) is 2.16. The summed E-state index contributed by atoms with van der Waals surface area (Å²) < 4.78 is 14.4. The van der Waals surface area contributed by atoms with Crippen molar-refractivity contribution < 1.29 is 14.3 Å². The summed E-state index contributed by atoms with van der Waals surface area (Å²) in [5.74, 6) is -1.44. The van der Waals surface area contributed by atoms with Crippen LogP contribution in [0.25, 0.3) is 11.3 Å². The lowest BCUT2D eigenvalue weighted by molar-refractivity contribution is 0.0694. The quantitative estimate of drug-likeness (QED) is 0.941. The van der Waals surface area contributed by atoms with Crippen LogP contribution in [0.15, 0.2) is 41.2 Å². The molecule has 2 aromatic rings. The van der Waals surface area contributed by atoms with Crippen LogP contribution in [-0.4, -0.2) is 15.6 Å². The van der Waals surface area contributed by atoms with Crippen LogP contribution in [0, 0.1) is 11.7 Å². The Hall–Kier alpha value is -2.43. The van der Waals surface area contributed by atoms with Crippen molar-refractivity contribution in [1.82, 2.24) is 4.57 Å². The molecule has 110 valence electrons. The number of hydrogen-bond donors (Lipinski definition) is 1. The van der Waals surface area contributed by atoms with Gasteiger partial charge in [-0.15, -0.1) is 0 Å². The van der Waals surface area contributed by atoms with Crippen LogP contribution in [0.2, 0.25) is 0 Å². The second-order valence-corrected chi connectivity index (χ2v) is 5.25. The van der Waals surface area contributed by atoms with Gasteiger partial charge in [-0.05, 0) is 47.9 Å². The number of benzene rings is 1. The van der Waals surface area contributed by atoms with Gasteiger partial charge in [-0.25, -0.2) is 9.18 Å². The summed E-state index contributed by atoms with van der Waals surface area (Å²) in [6.07, 6.45) is 0. The van der Waals surface area contributed by atoms with Gasteiger partial charge in [0, 0.05) is 6.54 Å². The standard InChI is InChI=1S/C16H16FNO3/c1-10(2)9-18-14(11-3-5-12(17)6-4-11)8-7-13(15(18)19)16(20)21/h3-8,10H,9H2,1-2H3,(H,20,21). The predicted molar refractivity (Wildman–Crippen MR) is 77.9 cm³/mol. The molecule has 1 aromatic heterocycles. The molecular weight excluding hydrogens is 273 g/mol. The van der Waals surface area contributed by atoms with Crippen molar-refractivity contribution in [3.05, 3.63) is 58.1 Å². The van der Waals surface area contributed by atoms with E-state index in [2.05, 4.69) is 0 Å². The zero-order chi connectivity index (χ0) is 15.6. The van der Waals surface area contributed by atoms with Gasteiger partial charge in [0.25, 0.3) is 5.56 Å². The molecule has 0 aliphatic heterocycles. The smallest absolute Gasteiger partial charge is 0.341 e. The van der Waals surface area contributed by atoms with Crippen molar-refractivity contribution in [2.24, 2.45) is 5.92 Å². The summed E-state index contributed by atoms with van der Waals surface area (Å²) in [6, 6.07) is 8.64. The zero-order valence-corrected chi connectivity index (χ0v) is 11.8. The lowest BCUT2D eigenvalue weighted by Gasteiger charge is -2.16. The Balaban J connectivity index is 2.65. The van der Waals surface area contributed by atoms with E-state index in [0.29, 0.717) is 17.8 Å². The van der Waals surface area contributed by atoms with Gasteiger partial charge in [0.1, 0.15) is 11.4 Å². The Bertz CT molecular complexity index is 717. The second kappa shape index (κ2) is 5.91. The molecule has 1 aromatic carbocycles. The zero-order valence-electron chi connectivity index (χ0n) is 11.8. The van der Waals surface area contributed by atoms with Crippen LogP contribution >= 0.6 is 0 Å². The summed E-state index contributed by atoms with van der Waals surface area (Å²) in [4.78, 5) is 23.4. The number of carbonyl (C=O) groups is 1. The molecule has 0 aliphatic rings. The Morgan fingerprint density at radius 1 is 1.19 bits per heavy atom. The summed E-state index contributed by atoms with van der Waals surface area (Å²) in [5.41, 5.74) is 0.448. The summed E-state index contributed by atoms with van der Waals surface area (Å²) in [5, 5.41) is 9.06. The van der Waals surface area contributed by atoms with Crippen molar-refractivity contribution in [3.8, 4) is 11.3 Å². The van der Waals surface area contributed by atoms with Crippen molar-refractivity contribution in [2.45, 2.75) is 20.4 Å². The number of halogens is 1. The third-order valence-electron chi connectivity index (χ3n) is 3.09. The molecule has 0 unspecified atom stereocenters. The number of nitrogens with zero attached hydrogens (tertiary/aromatic N) is 1. The van der Waals surface area contributed by atoms with E-state index in [-0.39, 0.29) is 17.3 Å². The topological polar surface area (TPSA) is 59.3 Å². The summed E-state index contributed by atoms with van der Waals surface area (Å²) in [6.45, 7) is 4.27. The first-order chi connectivity index (χ1) is 9.90. The van der Waals surface area contributed by atoms with Crippen molar-refractivity contribution in [1.29, 1.82) is 0 Å². The Labute approximate surface area is 121 Å². The molecule has 21 heavy (non-hydrogen) atoms. The summed E-state index contributed by atoms with van der Waals surface area (Å²) >= 11 is 0. The second-order valence-electron chi connectivity index (χ2n) is 5.25. The molecule has 1 N–H and O–H groups in total. The normalized spacial score (nSPS) is 10.9. The van der Waals surface area contributed by atoms with E-state index in [9.17, 15) is 14.0 Å². The molecule has 0 spiro atoms. The number of aromatic nitrogens is 1. The number of pyridine rings is 1. The van der Waals surface area contributed by atoms with E-state index in [4.69, 9.17) is 5.11 Å². The average Bonchev–Trinajstić information content (AvgIpc) is 2.41. The van der Waals surface area contributed by atoms with E-state index >= 15 is 0 Å². The average molecular weight is 289 g/mol. The lowest BCUT2D eigenvalue weighted by atomic mass is 10.1. The van der Waals surface area contributed by atoms with Gasteiger partial charge in [0.05, 0.1) is 5.69 Å². The minimum atomic E-state index is -1.25. The van der Waals surface area contributed by atoms with Gasteiger partial charge in [0.15, 0.2) is 0 Å². The maximum absolute atomic E-state index is 13.0. The molecule has 0 bridgehead atoms. The van der Waals surface area contributed by atoms with Crippen molar-refractivity contribution in [2.75, 3.05) is 0 Å². The first-order valence-electron chi connectivity index (χ1n) is 6.63. The highest BCUT2D eigenvalue weighted by atomic mass is 19.1. The maximum Gasteiger partial charge on any atom is 0.341 e. The fourth-order valence-electron chi connectivity index (χ4n) is 2.16. The highest BCUT2D eigenvalue weighted by Gasteiger charge is 2.15. The van der Waals surface area contributed by atoms with E-state index < -0.39 is 11.5 Å². The van der Waals surface area contributed by atoms with Crippen LogP contribution in [0.1, 0.15) is 24.2 Å².